The van der Waals surface area contributed by atoms with Gasteiger partial charge >= 0.3 is 11.4 Å². The van der Waals surface area contributed by atoms with Crippen LogP contribution in [-0.2, 0) is 17.8 Å². The maximum absolute atomic E-state index is 11.9. The number of amides is 1. The molecule has 0 saturated carbocycles. The minimum atomic E-state index is -1.21. The Labute approximate surface area is 220 Å². The van der Waals surface area contributed by atoms with Crippen molar-refractivity contribution in [2.75, 3.05) is 12.3 Å². The number of aromatic amines is 1. The van der Waals surface area contributed by atoms with Crippen molar-refractivity contribution in [1.29, 1.82) is 0 Å². The number of phenols is 1. The van der Waals surface area contributed by atoms with E-state index in [1.807, 2.05) is 30.3 Å². The van der Waals surface area contributed by atoms with Crippen LogP contribution in [0.4, 0.5) is 23.0 Å². The molecule has 16 nitrogen and oxygen atoms in total. The number of non-ortho nitro benzene ring substituents is 1. The zero-order valence-corrected chi connectivity index (χ0v) is 20.9. The fourth-order valence-corrected chi connectivity index (χ4v) is 3.50. The summed E-state index contributed by atoms with van der Waals surface area (Å²) >= 11 is 0. The lowest BCUT2D eigenvalue weighted by Crippen LogP contribution is -2.30. The predicted octanol–water partition coefficient (Wildman–Crippen LogP) is 2.76. The number of anilines is 1. The van der Waals surface area contributed by atoms with Crippen LogP contribution in [0.25, 0.3) is 0 Å². The Balaban J connectivity index is 0.000000293. The monoisotopic (exact) mass is 543 g/mol. The Bertz CT molecular complexity index is 1410. The second kappa shape index (κ2) is 13.2. The van der Waals surface area contributed by atoms with Crippen LogP contribution in [0.5, 0.6) is 5.75 Å². The number of rotatable bonds is 9. The second-order valence-electron chi connectivity index (χ2n) is 8.15. The van der Waals surface area contributed by atoms with E-state index in [-0.39, 0.29) is 17.4 Å². The number of nitrogen functional groups attached to an aromatic ring is 1. The number of benzene rings is 2. The van der Waals surface area contributed by atoms with Gasteiger partial charge in [0, 0.05) is 31.3 Å². The molecule has 2 aromatic carbocycles. The zero-order chi connectivity index (χ0) is 29.3. The van der Waals surface area contributed by atoms with Crippen molar-refractivity contribution < 1.29 is 24.7 Å². The summed E-state index contributed by atoms with van der Waals surface area (Å²) in [6, 6.07) is 10.7. The number of carbonyl (C=O) groups is 1. The summed E-state index contributed by atoms with van der Waals surface area (Å²) in [5.41, 5.74) is 4.67. The van der Waals surface area contributed by atoms with E-state index in [1.54, 1.807) is 18.7 Å². The molecule has 0 bridgehead atoms. The standard InChI is InChI=1S/C17H22N4O2.C6H3N3O7/c1-12-15(16(23)20-17(18)19-12)9-6-10-21(13(2)22)11-14-7-4-3-5-8-14;10-6-4(8(13)14)1-3(7(11)12)2-5(6)9(15)16/h3-5,7-8H,6,9-11H2,1-2H3,(H3,18,19,20,23);1-2,10H. The van der Waals surface area contributed by atoms with Gasteiger partial charge in [0.25, 0.3) is 17.0 Å². The molecule has 0 atom stereocenters. The van der Waals surface area contributed by atoms with Gasteiger partial charge in [0.2, 0.25) is 11.9 Å². The first-order valence-electron chi connectivity index (χ1n) is 11.3. The van der Waals surface area contributed by atoms with Gasteiger partial charge in [-0.2, -0.15) is 0 Å². The third-order valence-corrected chi connectivity index (χ3v) is 5.42. The lowest BCUT2D eigenvalue weighted by atomic mass is 10.1. The van der Waals surface area contributed by atoms with Gasteiger partial charge in [-0.1, -0.05) is 30.3 Å². The van der Waals surface area contributed by atoms with Crippen molar-refractivity contribution in [1.82, 2.24) is 14.9 Å². The summed E-state index contributed by atoms with van der Waals surface area (Å²) in [4.78, 5) is 59.8. The first kappa shape index (κ1) is 29.8. The lowest BCUT2D eigenvalue weighted by molar-refractivity contribution is -0.404. The number of aryl methyl sites for hydroxylation is 1. The van der Waals surface area contributed by atoms with Gasteiger partial charge in [-0.05, 0) is 25.3 Å². The highest BCUT2D eigenvalue weighted by Gasteiger charge is 2.30. The maximum Gasteiger partial charge on any atom is 0.324 e. The van der Waals surface area contributed by atoms with Crippen LogP contribution in [-0.4, -0.2) is 47.2 Å². The number of nitrogens with two attached hydrogens (primary N) is 1. The molecule has 16 heteroatoms. The molecule has 0 aliphatic carbocycles. The van der Waals surface area contributed by atoms with E-state index in [2.05, 4.69) is 9.97 Å². The number of phenolic OH excluding ortho intramolecular Hbond substituents is 1. The van der Waals surface area contributed by atoms with E-state index in [0.29, 0.717) is 49.3 Å². The van der Waals surface area contributed by atoms with Gasteiger partial charge in [-0.3, -0.25) is 44.9 Å². The van der Waals surface area contributed by atoms with Gasteiger partial charge in [0.15, 0.2) is 0 Å². The van der Waals surface area contributed by atoms with E-state index in [1.165, 1.54) is 0 Å². The van der Waals surface area contributed by atoms with Gasteiger partial charge < -0.3 is 15.7 Å². The Morgan fingerprint density at radius 1 is 1.05 bits per heavy atom. The minimum absolute atomic E-state index is 0.0231. The van der Waals surface area contributed by atoms with Crippen molar-refractivity contribution in [3.63, 3.8) is 0 Å². The molecule has 3 aromatic rings. The average Bonchev–Trinajstić information content (AvgIpc) is 2.85. The van der Waals surface area contributed by atoms with E-state index in [4.69, 9.17) is 10.8 Å². The first-order chi connectivity index (χ1) is 18.3. The molecule has 1 aromatic heterocycles. The quantitative estimate of drug-likeness (QED) is 0.261. The Morgan fingerprint density at radius 2 is 1.62 bits per heavy atom. The van der Waals surface area contributed by atoms with Crippen molar-refractivity contribution in [2.45, 2.75) is 33.2 Å². The van der Waals surface area contributed by atoms with Crippen LogP contribution in [0, 0.1) is 37.3 Å². The summed E-state index contributed by atoms with van der Waals surface area (Å²) in [5, 5.41) is 40.2. The number of nitrogens with zero attached hydrogens (tertiary/aromatic N) is 5. The number of aromatic nitrogens is 2. The molecule has 0 spiro atoms. The molecule has 3 rings (SSSR count). The topological polar surface area (TPSA) is 242 Å². The second-order valence-corrected chi connectivity index (χ2v) is 8.15. The zero-order valence-electron chi connectivity index (χ0n) is 20.9. The smallest absolute Gasteiger partial charge is 0.324 e. The van der Waals surface area contributed by atoms with E-state index >= 15 is 0 Å². The third kappa shape index (κ3) is 8.31. The third-order valence-electron chi connectivity index (χ3n) is 5.42. The molecule has 4 N–H and O–H groups in total. The van der Waals surface area contributed by atoms with Crippen molar-refractivity contribution in [2.24, 2.45) is 0 Å². The van der Waals surface area contributed by atoms with Gasteiger partial charge in [0.1, 0.15) is 0 Å². The minimum Gasteiger partial charge on any atom is -0.497 e. The van der Waals surface area contributed by atoms with E-state index < -0.39 is 37.6 Å². The molecule has 0 aliphatic heterocycles. The number of H-pyrrole nitrogens is 1. The Kier molecular flexibility index (Phi) is 10.1. The molecule has 0 fully saturated rings. The number of carbonyl (C=O) groups excluding carboxylic acids is 1. The fraction of sp³-hybridized carbons (Fsp3) is 0.261. The van der Waals surface area contributed by atoms with Crippen LogP contribution in [0.2, 0.25) is 0 Å². The summed E-state index contributed by atoms with van der Waals surface area (Å²) in [7, 11) is 0. The lowest BCUT2D eigenvalue weighted by Gasteiger charge is -2.21. The molecule has 0 unspecified atom stereocenters. The normalized spacial score (nSPS) is 10.2. The predicted molar refractivity (Wildman–Crippen MR) is 138 cm³/mol. The number of nitro benzene ring substituents is 3. The number of aromatic hydroxyl groups is 1. The van der Waals surface area contributed by atoms with E-state index in [0.717, 1.165) is 5.56 Å². The summed E-state index contributed by atoms with van der Waals surface area (Å²) in [6.07, 6.45) is 1.26. The van der Waals surface area contributed by atoms with Crippen molar-refractivity contribution in [3.05, 3.63) is 100.0 Å². The molecular formula is C23H25N7O9. The molecule has 39 heavy (non-hydrogen) atoms. The van der Waals surface area contributed by atoms with Crippen molar-refractivity contribution in [3.8, 4) is 5.75 Å². The largest absolute Gasteiger partial charge is 0.497 e. The van der Waals surface area contributed by atoms with Gasteiger partial charge in [-0.15, -0.1) is 0 Å². The van der Waals surface area contributed by atoms with Crippen LogP contribution in [0.3, 0.4) is 0 Å². The fourth-order valence-electron chi connectivity index (χ4n) is 3.50. The molecule has 0 saturated heterocycles. The van der Waals surface area contributed by atoms with E-state index in [9.17, 15) is 39.9 Å². The molecule has 1 heterocycles. The summed E-state index contributed by atoms with van der Waals surface area (Å²) in [6.45, 7) is 4.50. The highest BCUT2D eigenvalue weighted by Crippen LogP contribution is 2.38. The molecule has 1 amide bonds. The highest BCUT2D eigenvalue weighted by atomic mass is 16.6. The first-order valence-corrected chi connectivity index (χ1v) is 11.3. The summed E-state index contributed by atoms with van der Waals surface area (Å²) in [5.74, 6) is -1.05. The molecular weight excluding hydrogens is 518 g/mol. The summed E-state index contributed by atoms with van der Waals surface area (Å²) < 4.78 is 0. The SMILES string of the molecule is CC(=O)N(CCCc1c(C)nc(N)[nH]c1=O)Cc1ccccc1.O=[N+]([O-])c1cc([N+](=O)[O-])c(O)c([N+](=O)[O-])c1. The van der Waals surface area contributed by atoms with Gasteiger partial charge in [-0.25, -0.2) is 4.98 Å². The van der Waals surface area contributed by atoms with Crippen LogP contribution >= 0.6 is 0 Å². The maximum atomic E-state index is 11.9. The van der Waals surface area contributed by atoms with Gasteiger partial charge in [0.05, 0.1) is 26.9 Å². The average molecular weight is 543 g/mol. The van der Waals surface area contributed by atoms with Crippen LogP contribution in [0.15, 0.2) is 47.3 Å². The highest BCUT2D eigenvalue weighted by molar-refractivity contribution is 5.73. The molecule has 0 radical (unpaired) electrons. The van der Waals surface area contributed by atoms with Crippen LogP contribution in [0.1, 0.15) is 30.2 Å². The number of nitro groups is 3. The Hall–Kier alpha value is -5.41. The molecule has 206 valence electrons. The van der Waals surface area contributed by atoms with Crippen LogP contribution < -0.4 is 11.3 Å². The number of nitrogens with one attached hydrogen (secondary N) is 1. The Morgan fingerprint density at radius 3 is 2.08 bits per heavy atom. The van der Waals surface area contributed by atoms with Crippen molar-refractivity contribution >= 4 is 28.9 Å². The number of hydrogen-bond acceptors (Lipinski definition) is 11. The number of hydrogen-bond donors (Lipinski definition) is 3. The molecule has 0 aliphatic rings.